The van der Waals surface area contributed by atoms with Crippen LogP contribution in [0.4, 0.5) is 0 Å². The third-order valence-electron chi connectivity index (χ3n) is 2.62. The molecule has 1 unspecified atom stereocenters. The number of rotatable bonds is 3. The van der Waals surface area contributed by atoms with Gasteiger partial charge in [0.15, 0.2) is 12.4 Å². The Balaban J connectivity index is 0.00000144. The van der Waals surface area contributed by atoms with Gasteiger partial charge in [0.2, 0.25) is 11.8 Å². The molecule has 18 heavy (non-hydrogen) atoms. The molecule has 96 valence electrons. The van der Waals surface area contributed by atoms with Gasteiger partial charge in [-0.2, -0.15) is 4.57 Å². The fourth-order valence-corrected chi connectivity index (χ4v) is 1.65. The largest absolute Gasteiger partial charge is 1.00 e. The van der Waals surface area contributed by atoms with Crippen LogP contribution < -0.4 is 21.5 Å². The van der Waals surface area contributed by atoms with Crippen molar-refractivity contribution in [1.82, 2.24) is 0 Å². The molecule has 0 aliphatic heterocycles. The molecule has 0 aliphatic carbocycles. The minimum absolute atomic E-state index is 0. The molecule has 2 rings (SSSR count). The summed E-state index contributed by atoms with van der Waals surface area (Å²) in [5.74, 6) is 0.136. The number of hydrogen-bond donors (Lipinski definition) is 0. The molecule has 0 fully saturated rings. The van der Waals surface area contributed by atoms with Gasteiger partial charge >= 0.3 is 0 Å². The molecule has 0 aliphatic rings. The minimum Gasteiger partial charge on any atom is -1.00 e. The van der Waals surface area contributed by atoms with Crippen molar-refractivity contribution in [3.05, 3.63) is 66.5 Å². The summed E-state index contributed by atoms with van der Waals surface area (Å²) < 4.78 is 1.91. The van der Waals surface area contributed by atoms with Crippen LogP contribution in [0.25, 0.3) is 0 Å². The van der Waals surface area contributed by atoms with Crippen molar-refractivity contribution >= 4 is 5.78 Å². The van der Waals surface area contributed by atoms with E-state index in [1.54, 1.807) is 0 Å². The van der Waals surface area contributed by atoms with Crippen LogP contribution in [0.5, 0.6) is 0 Å². The average molecular weight is 310 g/mol. The van der Waals surface area contributed by atoms with E-state index in [1.165, 1.54) is 0 Å². The Bertz CT molecular complexity index is 474. The predicted molar refractivity (Wildman–Crippen MR) is 65.7 cm³/mol. The van der Waals surface area contributed by atoms with Gasteiger partial charge in [-0.25, -0.2) is 0 Å². The number of ketones is 1. The molecular formula is C14H16BrNO2. The van der Waals surface area contributed by atoms with Crippen LogP contribution in [-0.2, 0) is 0 Å². The summed E-state index contributed by atoms with van der Waals surface area (Å²) in [5, 5.41) is 0. The van der Waals surface area contributed by atoms with Crippen molar-refractivity contribution in [3.8, 4) is 0 Å². The van der Waals surface area contributed by atoms with Gasteiger partial charge in [-0.3, -0.25) is 4.79 Å². The number of hydrogen-bond acceptors (Lipinski definition) is 1. The lowest BCUT2D eigenvalue weighted by Gasteiger charge is -2.05. The molecule has 0 spiro atoms. The van der Waals surface area contributed by atoms with Crippen LogP contribution in [0.2, 0.25) is 0 Å². The van der Waals surface area contributed by atoms with Crippen molar-refractivity contribution < 1.29 is 31.8 Å². The van der Waals surface area contributed by atoms with Crippen LogP contribution >= 0.6 is 0 Å². The predicted octanol–water partition coefficient (Wildman–Crippen LogP) is -1.40. The highest BCUT2D eigenvalue weighted by molar-refractivity contribution is 5.97. The van der Waals surface area contributed by atoms with E-state index in [0.717, 1.165) is 5.56 Å². The quantitative estimate of drug-likeness (QED) is 0.508. The molecule has 0 radical (unpaired) electrons. The highest BCUT2D eigenvalue weighted by Crippen LogP contribution is 2.07. The maximum Gasteiger partial charge on any atom is 0.230 e. The standard InChI is InChI=1S/C14H14NO.BrH.H2O/c1-12(15-10-6-3-7-11-15)14(16)13-8-4-2-5-9-13;;/h2-12H,1H3;1H;1H2/q+1;;/p-1. The SMILES string of the molecule is CC(C(=O)c1ccccc1)[n+]1ccccc1.O.[Br-]. The smallest absolute Gasteiger partial charge is 0.230 e. The first kappa shape index (κ1) is 16.5. The number of halogens is 1. The molecule has 2 aromatic rings. The number of aromatic nitrogens is 1. The zero-order chi connectivity index (χ0) is 11.4. The van der Waals surface area contributed by atoms with Gasteiger partial charge in [0.1, 0.15) is 0 Å². The second-order valence-electron chi connectivity index (χ2n) is 3.73. The first-order valence-corrected chi connectivity index (χ1v) is 5.34. The number of carbonyl (C=O) groups is 1. The number of carbonyl (C=O) groups excluding carboxylic acids is 1. The molecular weight excluding hydrogens is 294 g/mol. The molecule has 0 amide bonds. The van der Waals surface area contributed by atoms with Crippen molar-refractivity contribution in [2.45, 2.75) is 13.0 Å². The summed E-state index contributed by atoms with van der Waals surface area (Å²) in [5.41, 5.74) is 0.756. The zero-order valence-corrected chi connectivity index (χ0v) is 11.7. The van der Waals surface area contributed by atoms with E-state index in [2.05, 4.69) is 0 Å². The van der Waals surface area contributed by atoms with E-state index in [4.69, 9.17) is 0 Å². The van der Waals surface area contributed by atoms with Gasteiger partial charge < -0.3 is 22.5 Å². The van der Waals surface area contributed by atoms with Crippen molar-refractivity contribution in [1.29, 1.82) is 0 Å². The minimum atomic E-state index is -0.163. The van der Waals surface area contributed by atoms with Crippen LogP contribution in [0.15, 0.2) is 60.9 Å². The summed E-state index contributed by atoms with van der Waals surface area (Å²) in [6.45, 7) is 1.91. The molecule has 0 saturated carbocycles. The molecule has 4 heteroatoms. The van der Waals surface area contributed by atoms with E-state index < -0.39 is 0 Å². The summed E-state index contributed by atoms with van der Waals surface area (Å²) in [6, 6.07) is 15.0. The summed E-state index contributed by atoms with van der Waals surface area (Å²) >= 11 is 0. The third-order valence-corrected chi connectivity index (χ3v) is 2.62. The first-order valence-electron chi connectivity index (χ1n) is 5.34. The molecule has 0 saturated heterocycles. The highest BCUT2D eigenvalue weighted by atomic mass is 79.9. The summed E-state index contributed by atoms with van der Waals surface area (Å²) in [4.78, 5) is 12.1. The lowest BCUT2D eigenvalue weighted by molar-refractivity contribution is -0.704. The number of benzene rings is 1. The van der Waals surface area contributed by atoms with Crippen molar-refractivity contribution in [2.24, 2.45) is 0 Å². The van der Waals surface area contributed by atoms with Crippen LogP contribution in [0.3, 0.4) is 0 Å². The van der Waals surface area contributed by atoms with Crippen LogP contribution in [-0.4, -0.2) is 11.3 Å². The summed E-state index contributed by atoms with van der Waals surface area (Å²) in [6.07, 6.45) is 3.82. The second-order valence-corrected chi connectivity index (χ2v) is 3.73. The number of nitrogens with zero attached hydrogens (tertiary/aromatic N) is 1. The van der Waals surface area contributed by atoms with E-state index in [1.807, 2.05) is 72.4 Å². The van der Waals surface area contributed by atoms with Crippen LogP contribution in [0.1, 0.15) is 23.3 Å². The van der Waals surface area contributed by atoms with Gasteiger partial charge in [0.05, 0.1) is 0 Å². The Labute approximate surface area is 117 Å². The van der Waals surface area contributed by atoms with E-state index in [9.17, 15) is 4.79 Å². The molecule has 2 N–H and O–H groups in total. The second kappa shape index (κ2) is 7.74. The average Bonchev–Trinajstić information content (AvgIpc) is 2.39. The molecule has 1 aromatic heterocycles. The monoisotopic (exact) mass is 309 g/mol. The van der Waals surface area contributed by atoms with Gasteiger partial charge in [0, 0.05) is 24.6 Å². The first-order chi connectivity index (χ1) is 7.79. The molecule has 0 bridgehead atoms. The molecule has 1 aromatic carbocycles. The van der Waals surface area contributed by atoms with E-state index in [-0.39, 0.29) is 34.3 Å². The summed E-state index contributed by atoms with van der Waals surface area (Å²) in [7, 11) is 0. The Morgan fingerprint density at radius 2 is 1.50 bits per heavy atom. The van der Waals surface area contributed by atoms with Gasteiger partial charge in [-0.15, -0.1) is 0 Å². The Hall–Kier alpha value is -1.52. The fraction of sp³-hybridized carbons (Fsp3) is 0.143. The molecule has 1 heterocycles. The highest BCUT2D eigenvalue weighted by Gasteiger charge is 2.22. The molecule has 3 nitrogen and oxygen atoms in total. The lowest BCUT2D eigenvalue weighted by Crippen LogP contribution is -3.00. The molecule has 1 atom stereocenters. The number of pyridine rings is 1. The van der Waals surface area contributed by atoms with E-state index >= 15 is 0 Å². The van der Waals surface area contributed by atoms with Gasteiger partial charge in [-0.05, 0) is 0 Å². The fourth-order valence-electron chi connectivity index (χ4n) is 1.65. The van der Waals surface area contributed by atoms with Crippen LogP contribution in [0, 0.1) is 0 Å². The zero-order valence-electron chi connectivity index (χ0n) is 10.1. The van der Waals surface area contributed by atoms with Crippen molar-refractivity contribution in [3.63, 3.8) is 0 Å². The Morgan fingerprint density at radius 3 is 2.06 bits per heavy atom. The normalized spacial score (nSPS) is 10.7. The maximum atomic E-state index is 12.1. The number of Topliss-reactive ketones (excluding diaryl/α,β-unsaturated/α-hetero) is 1. The Morgan fingerprint density at radius 1 is 1.00 bits per heavy atom. The van der Waals surface area contributed by atoms with Gasteiger partial charge in [0.25, 0.3) is 0 Å². The third kappa shape index (κ3) is 3.75. The van der Waals surface area contributed by atoms with E-state index in [0.29, 0.717) is 0 Å². The topological polar surface area (TPSA) is 52.5 Å². The Kier molecular flexibility index (Phi) is 7.08. The maximum absolute atomic E-state index is 12.1. The lowest BCUT2D eigenvalue weighted by atomic mass is 10.1. The van der Waals surface area contributed by atoms with Gasteiger partial charge in [-0.1, -0.05) is 36.4 Å². The van der Waals surface area contributed by atoms with Crippen molar-refractivity contribution in [2.75, 3.05) is 0 Å².